The number of benzene rings is 1. The zero-order valence-corrected chi connectivity index (χ0v) is 19.4. The van der Waals surface area contributed by atoms with E-state index >= 15 is 0 Å². The zero-order valence-electron chi connectivity index (χ0n) is 19.4. The van der Waals surface area contributed by atoms with Crippen molar-refractivity contribution >= 4 is 17.8 Å². The van der Waals surface area contributed by atoms with Crippen LogP contribution in [-0.2, 0) is 16.0 Å². The number of ketones is 1. The van der Waals surface area contributed by atoms with Gasteiger partial charge in [-0.05, 0) is 45.7 Å². The van der Waals surface area contributed by atoms with Crippen LogP contribution in [0.15, 0.2) is 24.3 Å². The van der Waals surface area contributed by atoms with Crippen molar-refractivity contribution in [2.45, 2.75) is 59.0 Å². The molecular weight excluding hydrogens is 394 g/mol. The Labute approximate surface area is 186 Å². The van der Waals surface area contributed by atoms with Gasteiger partial charge in [-0.3, -0.25) is 14.5 Å². The maximum atomic E-state index is 12.2. The van der Waals surface area contributed by atoms with Crippen LogP contribution in [0.2, 0.25) is 0 Å². The molecular formula is C24H37N3O4. The van der Waals surface area contributed by atoms with Crippen molar-refractivity contribution in [1.82, 2.24) is 15.1 Å². The van der Waals surface area contributed by atoms with Gasteiger partial charge in [-0.15, -0.1) is 0 Å². The third-order valence-corrected chi connectivity index (χ3v) is 5.26. The van der Waals surface area contributed by atoms with Crippen LogP contribution in [0.25, 0.3) is 0 Å². The molecule has 1 fully saturated rings. The van der Waals surface area contributed by atoms with E-state index < -0.39 is 5.60 Å². The SMILES string of the molecule is CCc1ccc(C(=O)CCC(=O)NCCCN2CCN(C(=O)OC(C)(C)C)CC2)cc1. The van der Waals surface area contributed by atoms with E-state index in [-0.39, 0.29) is 30.6 Å². The van der Waals surface area contributed by atoms with Crippen molar-refractivity contribution in [2.75, 3.05) is 39.3 Å². The van der Waals surface area contributed by atoms with Gasteiger partial charge in [-0.25, -0.2) is 4.79 Å². The van der Waals surface area contributed by atoms with Crippen LogP contribution < -0.4 is 5.32 Å². The molecule has 0 unspecified atom stereocenters. The molecule has 2 amide bonds. The summed E-state index contributed by atoms with van der Waals surface area (Å²) >= 11 is 0. The van der Waals surface area contributed by atoms with Crippen molar-refractivity contribution in [3.8, 4) is 0 Å². The summed E-state index contributed by atoms with van der Waals surface area (Å²) in [4.78, 5) is 40.4. The third-order valence-electron chi connectivity index (χ3n) is 5.26. The smallest absolute Gasteiger partial charge is 0.410 e. The highest BCUT2D eigenvalue weighted by Crippen LogP contribution is 2.12. The van der Waals surface area contributed by atoms with Gasteiger partial charge in [0.05, 0.1) is 0 Å². The van der Waals surface area contributed by atoms with E-state index in [2.05, 4.69) is 17.1 Å². The summed E-state index contributed by atoms with van der Waals surface area (Å²) in [5.74, 6) is -0.0889. The quantitative estimate of drug-likeness (QED) is 0.480. The number of carbonyl (C=O) groups is 3. The summed E-state index contributed by atoms with van der Waals surface area (Å²) in [5.41, 5.74) is 1.38. The number of piperazine rings is 1. The lowest BCUT2D eigenvalue weighted by Gasteiger charge is -2.35. The molecule has 1 aromatic carbocycles. The summed E-state index contributed by atoms with van der Waals surface area (Å²) in [6.45, 7) is 12.1. The molecule has 0 radical (unpaired) electrons. The van der Waals surface area contributed by atoms with Crippen LogP contribution in [0, 0.1) is 0 Å². The van der Waals surface area contributed by atoms with Gasteiger partial charge in [-0.2, -0.15) is 0 Å². The Morgan fingerprint density at radius 1 is 1.00 bits per heavy atom. The molecule has 7 heteroatoms. The van der Waals surface area contributed by atoms with E-state index in [0.29, 0.717) is 25.2 Å². The second-order valence-corrected chi connectivity index (χ2v) is 8.99. The first-order valence-electron chi connectivity index (χ1n) is 11.3. The lowest BCUT2D eigenvalue weighted by Crippen LogP contribution is -2.50. The minimum Gasteiger partial charge on any atom is -0.444 e. The minimum atomic E-state index is -0.475. The molecule has 0 saturated carbocycles. The molecule has 0 spiro atoms. The molecule has 1 aromatic rings. The molecule has 1 aliphatic heterocycles. The summed E-state index contributed by atoms with van der Waals surface area (Å²) in [5, 5.41) is 2.90. The van der Waals surface area contributed by atoms with Crippen molar-refractivity contribution in [3.63, 3.8) is 0 Å². The highest BCUT2D eigenvalue weighted by molar-refractivity contribution is 5.97. The fourth-order valence-electron chi connectivity index (χ4n) is 3.40. The van der Waals surface area contributed by atoms with Gasteiger partial charge in [-0.1, -0.05) is 31.2 Å². The predicted octanol–water partition coefficient (Wildman–Crippen LogP) is 3.27. The molecule has 1 heterocycles. The standard InChI is InChI=1S/C24H37N3O4/c1-5-19-7-9-20(10-8-19)21(28)11-12-22(29)25-13-6-14-26-15-17-27(18-16-26)23(30)31-24(2,3)4/h7-10H,5-6,11-18H2,1-4H3,(H,25,29). The molecule has 1 saturated heterocycles. The van der Waals surface area contributed by atoms with Crippen molar-refractivity contribution in [2.24, 2.45) is 0 Å². The Morgan fingerprint density at radius 2 is 1.65 bits per heavy atom. The topological polar surface area (TPSA) is 79.0 Å². The van der Waals surface area contributed by atoms with E-state index in [1.807, 2.05) is 45.0 Å². The van der Waals surface area contributed by atoms with E-state index in [1.165, 1.54) is 5.56 Å². The van der Waals surface area contributed by atoms with Gasteiger partial charge < -0.3 is 15.0 Å². The minimum absolute atomic E-state index is 0.000612. The summed E-state index contributed by atoms with van der Waals surface area (Å²) in [6, 6.07) is 7.59. The van der Waals surface area contributed by atoms with Crippen molar-refractivity contribution < 1.29 is 19.1 Å². The number of amides is 2. The lowest BCUT2D eigenvalue weighted by atomic mass is 10.0. The van der Waals surface area contributed by atoms with Crippen LogP contribution in [0.3, 0.4) is 0 Å². The van der Waals surface area contributed by atoms with E-state index in [0.717, 1.165) is 32.5 Å². The summed E-state index contributed by atoms with van der Waals surface area (Å²) in [6.07, 6.45) is 1.96. The monoisotopic (exact) mass is 431 g/mol. The van der Waals surface area contributed by atoms with E-state index in [1.54, 1.807) is 4.90 Å². The normalized spacial score (nSPS) is 14.9. The summed E-state index contributed by atoms with van der Waals surface area (Å²) < 4.78 is 5.41. The first kappa shape index (κ1) is 24.9. The molecule has 0 aliphatic carbocycles. The maximum absolute atomic E-state index is 12.2. The van der Waals surface area contributed by atoms with Crippen LogP contribution in [-0.4, -0.2) is 72.5 Å². The predicted molar refractivity (Wildman–Crippen MR) is 121 cm³/mol. The molecule has 1 aliphatic rings. The third kappa shape index (κ3) is 9.09. The molecule has 0 atom stereocenters. The highest BCUT2D eigenvalue weighted by Gasteiger charge is 2.25. The van der Waals surface area contributed by atoms with Gasteiger partial charge in [0.25, 0.3) is 0 Å². The summed E-state index contributed by atoms with van der Waals surface area (Å²) in [7, 11) is 0. The first-order chi connectivity index (χ1) is 14.7. The van der Waals surface area contributed by atoms with Gasteiger partial charge in [0, 0.05) is 51.1 Å². The Balaban J connectivity index is 1.57. The molecule has 31 heavy (non-hydrogen) atoms. The number of nitrogens with one attached hydrogen (secondary N) is 1. The van der Waals surface area contributed by atoms with Crippen LogP contribution in [0.5, 0.6) is 0 Å². The molecule has 7 nitrogen and oxygen atoms in total. The molecule has 172 valence electrons. The number of rotatable bonds is 9. The fraction of sp³-hybridized carbons (Fsp3) is 0.625. The van der Waals surface area contributed by atoms with Gasteiger partial charge in [0.1, 0.15) is 5.60 Å². The second-order valence-electron chi connectivity index (χ2n) is 8.99. The maximum Gasteiger partial charge on any atom is 0.410 e. The van der Waals surface area contributed by atoms with Crippen molar-refractivity contribution in [1.29, 1.82) is 0 Å². The van der Waals surface area contributed by atoms with E-state index in [9.17, 15) is 14.4 Å². The number of Topliss-reactive ketones (excluding diaryl/α,β-unsaturated/α-hetero) is 1. The molecule has 0 aromatic heterocycles. The number of carbonyl (C=O) groups excluding carboxylic acids is 3. The first-order valence-corrected chi connectivity index (χ1v) is 11.3. The number of ether oxygens (including phenoxy) is 1. The number of hydrogen-bond acceptors (Lipinski definition) is 5. The van der Waals surface area contributed by atoms with Crippen LogP contribution >= 0.6 is 0 Å². The fourth-order valence-corrected chi connectivity index (χ4v) is 3.40. The largest absolute Gasteiger partial charge is 0.444 e. The van der Waals surface area contributed by atoms with Crippen LogP contribution in [0.4, 0.5) is 4.79 Å². The molecule has 2 rings (SSSR count). The Hall–Kier alpha value is -2.41. The molecule has 1 N–H and O–H groups in total. The Bertz CT molecular complexity index is 732. The Kier molecular flexibility index (Phi) is 9.49. The Morgan fingerprint density at radius 3 is 2.23 bits per heavy atom. The lowest BCUT2D eigenvalue weighted by molar-refractivity contribution is -0.121. The van der Waals surface area contributed by atoms with Crippen LogP contribution in [0.1, 0.15) is 62.9 Å². The van der Waals surface area contributed by atoms with Gasteiger partial charge in [0.15, 0.2) is 5.78 Å². The van der Waals surface area contributed by atoms with E-state index in [4.69, 9.17) is 4.74 Å². The van der Waals surface area contributed by atoms with Crippen molar-refractivity contribution in [3.05, 3.63) is 35.4 Å². The number of aryl methyl sites for hydroxylation is 1. The second kappa shape index (κ2) is 11.8. The number of nitrogens with zero attached hydrogens (tertiary/aromatic N) is 2. The molecule has 0 bridgehead atoms. The van der Waals surface area contributed by atoms with Gasteiger partial charge in [0.2, 0.25) is 5.91 Å². The van der Waals surface area contributed by atoms with Gasteiger partial charge >= 0.3 is 6.09 Å². The average molecular weight is 432 g/mol. The number of hydrogen-bond donors (Lipinski definition) is 1. The highest BCUT2D eigenvalue weighted by atomic mass is 16.6. The zero-order chi connectivity index (χ0) is 22.9. The average Bonchev–Trinajstić information content (AvgIpc) is 2.74.